The summed E-state index contributed by atoms with van der Waals surface area (Å²) in [6.07, 6.45) is 2.89. The first-order chi connectivity index (χ1) is 13.2. The molecule has 0 spiro atoms. The maximum atomic E-state index is 12.7. The third-order valence-corrected chi connectivity index (χ3v) is 7.22. The lowest BCUT2D eigenvalue weighted by atomic mass is 10.2. The summed E-state index contributed by atoms with van der Waals surface area (Å²) in [5, 5.41) is 2.88. The van der Waals surface area contributed by atoms with Crippen LogP contribution in [0.5, 0.6) is 0 Å². The monoisotopic (exact) mass is 403 g/mol. The Bertz CT molecular complexity index is 954. The van der Waals surface area contributed by atoms with Gasteiger partial charge in [-0.25, -0.2) is 8.42 Å². The van der Waals surface area contributed by atoms with Crippen LogP contribution in [0.3, 0.4) is 0 Å². The van der Waals surface area contributed by atoms with Crippen molar-refractivity contribution in [1.29, 1.82) is 0 Å². The first-order valence-electron chi connectivity index (χ1n) is 9.82. The van der Waals surface area contributed by atoms with E-state index in [-0.39, 0.29) is 16.8 Å². The van der Waals surface area contributed by atoms with E-state index in [1.165, 1.54) is 0 Å². The first kappa shape index (κ1) is 20.6. The lowest BCUT2D eigenvalue weighted by Gasteiger charge is -2.25. The van der Waals surface area contributed by atoms with Gasteiger partial charge in [0.25, 0.3) is 5.91 Å². The van der Waals surface area contributed by atoms with Gasteiger partial charge < -0.3 is 9.88 Å². The Kier molecular flexibility index (Phi) is 5.95. The van der Waals surface area contributed by atoms with Crippen LogP contribution < -0.4 is 5.32 Å². The third-order valence-electron chi connectivity index (χ3n) is 5.31. The molecule has 1 N–H and O–H groups in total. The van der Waals surface area contributed by atoms with Crippen LogP contribution in [0.4, 0.5) is 5.69 Å². The maximum Gasteiger partial charge on any atom is 0.257 e. The second-order valence-electron chi connectivity index (χ2n) is 7.69. The van der Waals surface area contributed by atoms with Crippen LogP contribution in [-0.2, 0) is 10.0 Å². The fourth-order valence-corrected chi connectivity index (χ4v) is 5.48. The van der Waals surface area contributed by atoms with E-state index in [9.17, 15) is 13.2 Å². The van der Waals surface area contributed by atoms with E-state index in [4.69, 9.17) is 0 Å². The molecule has 2 aromatic rings. The fourth-order valence-electron chi connectivity index (χ4n) is 3.96. The summed E-state index contributed by atoms with van der Waals surface area (Å²) in [4.78, 5) is 13.0. The van der Waals surface area contributed by atoms with Crippen LogP contribution in [0, 0.1) is 13.8 Å². The molecule has 3 rings (SSSR count). The van der Waals surface area contributed by atoms with Gasteiger partial charge in [-0.05, 0) is 70.9 Å². The minimum Gasteiger partial charge on any atom is -0.346 e. The molecule has 1 aliphatic heterocycles. The summed E-state index contributed by atoms with van der Waals surface area (Å²) in [6, 6.07) is 8.60. The van der Waals surface area contributed by atoms with E-state index in [1.807, 2.05) is 19.9 Å². The van der Waals surface area contributed by atoms with Crippen molar-refractivity contribution in [3.8, 4) is 0 Å². The topological polar surface area (TPSA) is 71.4 Å². The number of nitrogens with one attached hydrogen (secondary N) is 1. The lowest BCUT2D eigenvalue weighted by molar-refractivity contribution is 0.102. The van der Waals surface area contributed by atoms with Crippen molar-refractivity contribution < 1.29 is 13.2 Å². The smallest absolute Gasteiger partial charge is 0.257 e. The quantitative estimate of drug-likeness (QED) is 0.816. The second kappa shape index (κ2) is 8.09. The van der Waals surface area contributed by atoms with Crippen molar-refractivity contribution in [2.75, 3.05) is 18.4 Å². The summed E-state index contributed by atoms with van der Waals surface area (Å²) in [5.41, 5.74) is 3.18. The number of rotatable bonds is 5. The zero-order valence-corrected chi connectivity index (χ0v) is 17.8. The van der Waals surface area contributed by atoms with Crippen molar-refractivity contribution in [3.05, 3.63) is 47.3 Å². The van der Waals surface area contributed by atoms with Gasteiger partial charge in [-0.1, -0.05) is 6.42 Å². The van der Waals surface area contributed by atoms with Crippen molar-refractivity contribution in [1.82, 2.24) is 8.87 Å². The van der Waals surface area contributed by atoms with Gasteiger partial charge in [-0.2, -0.15) is 4.31 Å². The molecule has 6 nitrogen and oxygen atoms in total. The van der Waals surface area contributed by atoms with Gasteiger partial charge in [0.15, 0.2) is 0 Å². The Morgan fingerprint density at radius 3 is 2.18 bits per heavy atom. The molecule has 152 valence electrons. The van der Waals surface area contributed by atoms with Crippen LogP contribution in [0.1, 0.15) is 60.9 Å². The average Bonchev–Trinajstić information content (AvgIpc) is 2.97. The summed E-state index contributed by atoms with van der Waals surface area (Å²) in [7, 11) is -3.46. The van der Waals surface area contributed by atoms with Gasteiger partial charge in [0.1, 0.15) is 0 Å². The predicted octanol–water partition coefficient (Wildman–Crippen LogP) is 4.11. The zero-order chi connectivity index (χ0) is 20.5. The van der Waals surface area contributed by atoms with Crippen molar-refractivity contribution in [2.45, 2.75) is 57.9 Å². The van der Waals surface area contributed by atoms with E-state index in [1.54, 1.807) is 28.6 Å². The summed E-state index contributed by atoms with van der Waals surface area (Å²) in [5.74, 6) is -0.188. The Hall–Kier alpha value is -2.12. The molecule has 0 aliphatic carbocycles. The summed E-state index contributed by atoms with van der Waals surface area (Å²) in [6.45, 7) is 9.26. The third kappa shape index (κ3) is 4.00. The number of piperidine rings is 1. The lowest BCUT2D eigenvalue weighted by Crippen LogP contribution is -2.35. The zero-order valence-electron chi connectivity index (χ0n) is 17.0. The van der Waals surface area contributed by atoms with Crippen molar-refractivity contribution >= 4 is 21.6 Å². The number of benzene rings is 1. The Balaban J connectivity index is 1.76. The fraction of sp³-hybridized carbons (Fsp3) is 0.476. The Morgan fingerprint density at radius 1 is 1.04 bits per heavy atom. The van der Waals surface area contributed by atoms with Gasteiger partial charge >= 0.3 is 0 Å². The number of hydrogen-bond acceptors (Lipinski definition) is 3. The molecule has 1 aromatic carbocycles. The first-order valence-corrected chi connectivity index (χ1v) is 11.3. The van der Waals surface area contributed by atoms with E-state index in [0.717, 1.165) is 30.7 Å². The molecule has 1 amide bonds. The SMILES string of the molecule is Cc1cc(C(=O)Nc2ccc(S(=O)(=O)N3CCCCC3)cc2)c(C)n1C(C)C. The molecule has 2 heterocycles. The van der Waals surface area contributed by atoms with E-state index >= 15 is 0 Å². The van der Waals surface area contributed by atoms with Crippen LogP contribution in [0.2, 0.25) is 0 Å². The number of amides is 1. The number of carbonyl (C=O) groups is 1. The number of nitrogens with zero attached hydrogens (tertiary/aromatic N) is 2. The van der Waals surface area contributed by atoms with Crippen LogP contribution in [0.25, 0.3) is 0 Å². The molecular weight excluding hydrogens is 374 g/mol. The molecule has 0 atom stereocenters. The van der Waals surface area contributed by atoms with Crippen LogP contribution in [0.15, 0.2) is 35.2 Å². The summed E-state index contributed by atoms with van der Waals surface area (Å²) < 4.78 is 29.1. The number of aryl methyl sites for hydroxylation is 1. The van der Waals surface area contributed by atoms with E-state index < -0.39 is 10.0 Å². The molecule has 0 bridgehead atoms. The highest BCUT2D eigenvalue weighted by molar-refractivity contribution is 7.89. The highest BCUT2D eigenvalue weighted by Crippen LogP contribution is 2.24. The molecule has 28 heavy (non-hydrogen) atoms. The standard InChI is InChI=1S/C21H29N3O3S/c1-15(2)24-16(3)14-20(17(24)4)21(25)22-18-8-10-19(11-9-18)28(26,27)23-12-6-5-7-13-23/h8-11,14-15H,5-7,12-13H2,1-4H3,(H,22,25). The normalized spacial score (nSPS) is 15.8. The highest BCUT2D eigenvalue weighted by Gasteiger charge is 2.26. The number of anilines is 1. The molecule has 0 saturated carbocycles. The van der Waals surface area contributed by atoms with Crippen LogP contribution >= 0.6 is 0 Å². The van der Waals surface area contributed by atoms with Crippen molar-refractivity contribution in [3.63, 3.8) is 0 Å². The predicted molar refractivity (Wildman–Crippen MR) is 111 cm³/mol. The highest BCUT2D eigenvalue weighted by atomic mass is 32.2. The van der Waals surface area contributed by atoms with E-state index in [0.29, 0.717) is 24.3 Å². The maximum absolute atomic E-state index is 12.7. The number of carbonyl (C=O) groups excluding carboxylic acids is 1. The Morgan fingerprint density at radius 2 is 1.64 bits per heavy atom. The summed E-state index contributed by atoms with van der Waals surface area (Å²) >= 11 is 0. The largest absolute Gasteiger partial charge is 0.346 e. The van der Waals surface area contributed by atoms with Gasteiger partial charge in [0.2, 0.25) is 10.0 Å². The Labute approximate surface area is 167 Å². The number of hydrogen-bond donors (Lipinski definition) is 1. The molecular formula is C21H29N3O3S. The van der Waals surface area contributed by atoms with Gasteiger partial charge in [-0.3, -0.25) is 4.79 Å². The van der Waals surface area contributed by atoms with Gasteiger partial charge in [0.05, 0.1) is 10.5 Å². The second-order valence-corrected chi connectivity index (χ2v) is 9.63. The molecule has 0 radical (unpaired) electrons. The van der Waals surface area contributed by atoms with Crippen molar-refractivity contribution in [2.24, 2.45) is 0 Å². The molecule has 7 heteroatoms. The van der Waals surface area contributed by atoms with Gasteiger partial charge in [-0.15, -0.1) is 0 Å². The molecule has 1 saturated heterocycles. The molecule has 1 fully saturated rings. The minimum absolute atomic E-state index is 0.188. The number of sulfonamides is 1. The average molecular weight is 404 g/mol. The molecule has 0 unspecified atom stereocenters. The molecule has 1 aromatic heterocycles. The molecule has 1 aliphatic rings. The van der Waals surface area contributed by atoms with Gasteiger partial charge in [0, 0.05) is 36.2 Å². The minimum atomic E-state index is -3.46. The number of aromatic nitrogens is 1. The van der Waals surface area contributed by atoms with Crippen LogP contribution in [-0.4, -0.2) is 36.3 Å². The van der Waals surface area contributed by atoms with E-state index in [2.05, 4.69) is 23.7 Å².